The smallest absolute Gasteiger partial charge is 0.251 e. The van der Waals surface area contributed by atoms with Crippen molar-refractivity contribution in [3.05, 3.63) is 65.7 Å². The van der Waals surface area contributed by atoms with Gasteiger partial charge in [0.15, 0.2) is 0 Å². The fraction of sp³-hybridized carbons (Fsp3) is 0.263. The lowest BCUT2D eigenvalue weighted by Gasteiger charge is -2.14. The molecule has 2 N–H and O–H groups in total. The van der Waals surface area contributed by atoms with Gasteiger partial charge < -0.3 is 15.5 Å². The van der Waals surface area contributed by atoms with Crippen LogP contribution in [0.2, 0.25) is 0 Å². The summed E-state index contributed by atoms with van der Waals surface area (Å²) < 4.78 is 0. The van der Waals surface area contributed by atoms with Crippen molar-refractivity contribution in [1.29, 1.82) is 0 Å². The van der Waals surface area contributed by atoms with Gasteiger partial charge >= 0.3 is 0 Å². The van der Waals surface area contributed by atoms with Crippen LogP contribution in [0.1, 0.15) is 28.9 Å². The molecule has 0 aromatic heterocycles. The molecule has 0 aliphatic carbocycles. The van der Waals surface area contributed by atoms with E-state index in [1.807, 2.05) is 51.4 Å². The van der Waals surface area contributed by atoms with E-state index < -0.39 is 0 Å². The number of carbonyl (C=O) groups is 2. The van der Waals surface area contributed by atoms with E-state index in [4.69, 9.17) is 0 Å². The molecule has 2 aromatic rings. The Labute approximate surface area is 142 Å². The summed E-state index contributed by atoms with van der Waals surface area (Å²) in [7, 11) is 3.67. The van der Waals surface area contributed by atoms with Gasteiger partial charge in [-0.2, -0.15) is 0 Å². The standard InChI is InChI=1S/C19H23N3O2/c1-14(15-7-5-4-6-8-15)20-19(24)16-9-11-17(12-10-16)21-18(23)13-22(2)3/h4-12,14H,13H2,1-3H3,(H,20,24)(H,21,23). The highest BCUT2D eigenvalue weighted by molar-refractivity contribution is 5.96. The topological polar surface area (TPSA) is 61.4 Å². The third kappa shape index (κ3) is 5.21. The first kappa shape index (κ1) is 17.7. The Morgan fingerprint density at radius 3 is 2.21 bits per heavy atom. The maximum Gasteiger partial charge on any atom is 0.251 e. The number of hydrogen-bond acceptors (Lipinski definition) is 3. The van der Waals surface area contributed by atoms with Crippen molar-refractivity contribution < 1.29 is 9.59 Å². The number of rotatable bonds is 6. The molecule has 0 heterocycles. The van der Waals surface area contributed by atoms with Crippen LogP contribution in [0.25, 0.3) is 0 Å². The van der Waals surface area contributed by atoms with Crippen LogP contribution in [-0.4, -0.2) is 37.4 Å². The van der Waals surface area contributed by atoms with E-state index >= 15 is 0 Å². The molecule has 1 atom stereocenters. The minimum atomic E-state index is -0.141. The molecule has 24 heavy (non-hydrogen) atoms. The van der Waals surface area contributed by atoms with Crippen molar-refractivity contribution in [3.63, 3.8) is 0 Å². The first-order valence-corrected chi connectivity index (χ1v) is 7.86. The van der Waals surface area contributed by atoms with Crippen molar-refractivity contribution in [1.82, 2.24) is 10.2 Å². The minimum absolute atomic E-state index is 0.0711. The zero-order chi connectivity index (χ0) is 17.5. The summed E-state index contributed by atoms with van der Waals surface area (Å²) in [6.07, 6.45) is 0. The van der Waals surface area contributed by atoms with Crippen LogP contribution < -0.4 is 10.6 Å². The molecular formula is C19H23N3O2. The molecule has 2 amide bonds. The molecule has 0 aliphatic rings. The van der Waals surface area contributed by atoms with Crippen LogP contribution in [0.4, 0.5) is 5.69 Å². The number of nitrogens with zero attached hydrogens (tertiary/aromatic N) is 1. The molecule has 0 spiro atoms. The molecule has 2 aromatic carbocycles. The first-order chi connectivity index (χ1) is 11.5. The summed E-state index contributed by atoms with van der Waals surface area (Å²) in [4.78, 5) is 25.8. The predicted molar refractivity (Wildman–Crippen MR) is 95.9 cm³/mol. The second-order valence-corrected chi connectivity index (χ2v) is 5.97. The normalized spacial score (nSPS) is 11.8. The predicted octanol–water partition coefficient (Wildman–Crippen LogP) is 2.68. The van der Waals surface area contributed by atoms with Gasteiger partial charge in [-0.05, 0) is 50.8 Å². The highest BCUT2D eigenvalue weighted by atomic mass is 16.2. The Balaban J connectivity index is 1.95. The molecular weight excluding hydrogens is 302 g/mol. The third-order valence-corrected chi connectivity index (χ3v) is 3.54. The van der Waals surface area contributed by atoms with E-state index in [1.165, 1.54) is 0 Å². The van der Waals surface area contributed by atoms with E-state index in [0.717, 1.165) is 5.56 Å². The van der Waals surface area contributed by atoms with Gasteiger partial charge in [-0.3, -0.25) is 9.59 Å². The average Bonchev–Trinajstić information content (AvgIpc) is 2.55. The van der Waals surface area contributed by atoms with E-state index in [2.05, 4.69) is 10.6 Å². The van der Waals surface area contributed by atoms with Crippen LogP contribution in [0.3, 0.4) is 0 Å². The van der Waals surface area contributed by atoms with Gasteiger partial charge in [0.1, 0.15) is 0 Å². The summed E-state index contributed by atoms with van der Waals surface area (Å²) in [6.45, 7) is 2.26. The monoisotopic (exact) mass is 325 g/mol. The second kappa shape index (κ2) is 8.26. The van der Waals surface area contributed by atoms with Crippen molar-refractivity contribution in [2.24, 2.45) is 0 Å². The van der Waals surface area contributed by atoms with Crippen molar-refractivity contribution in [2.75, 3.05) is 26.0 Å². The fourth-order valence-electron chi connectivity index (χ4n) is 2.30. The third-order valence-electron chi connectivity index (χ3n) is 3.54. The van der Waals surface area contributed by atoms with Crippen LogP contribution in [-0.2, 0) is 4.79 Å². The van der Waals surface area contributed by atoms with Gasteiger partial charge in [-0.1, -0.05) is 30.3 Å². The van der Waals surface area contributed by atoms with Crippen molar-refractivity contribution >= 4 is 17.5 Å². The van der Waals surface area contributed by atoms with Crippen LogP contribution in [0, 0.1) is 0 Å². The Morgan fingerprint density at radius 2 is 1.62 bits per heavy atom. The molecule has 0 fully saturated rings. The zero-order valence-corrected chi connectivity index (χ0v) is 14.2. The highest BCUT2D eigenvalue weighted by Gasteiger charge is 2.11. The molecule has 0 radical (unpaired) electrons. The summed E-state index contributed by atoms with van der Waals surface area (Å²) in [5, 5.41) is 5.76. The lowest BCUT2D eigenvalue weighted by Crippen LogP contribution is -2.27. The quantitative estimate of drug-likeness (QED) is 0.858. The number of likely N-dealkylation sites (N-methyl/N-ethyl adjacent to an activating group) is 1. The van der Waals surface area contributed by atoms with Crippen LogP contribution in [0.15, 0.2) is 54.6 Å². The van der Waals surface area contributed by atoms with Crippen molar-refractivity contribution in [3.8, 4) is 0 Å². The summed E-state index contributed by atoms with van der Waals surface area (Å²) in [5.41, 5.74) is 2.29. The molecule has 0 aliphatic heterocycles. The number of nitrogens with one attached hydrogen (secondary N) is 2. The molecule has 1 unspecified atom stereocenters. The van der Waals surface area contributed by atoms with Crippen LogP contribution in [0.5, 0.6) is 0 Å². The Kier molecular flexibility index (Phi) is 6.09. The van der Waals surface area contributed by atoms with Gasteiger partial charge in [0.05, 0.1) is 12.6 Å². The van der Waals surface area contributed by atoms with Crippen LogP contribution >= 0.6 is 0 Å². The van der Waals surface area contributed by atoms with Gasteiger partial charge in [-0.25, -0.2) is 0 Å². The van der Waals surface area contributed by atoms with E-state index in [1.54, 1.807) is 29.2 Å². The number of amides is 2. The minimum Gasteiger partial charge on any atom is -0.346 e. The highest BCUT2D eigenvalue weighted by Crippen LogP contribution is 2.14. The van der Waals surface area contributed by atoms with Gasteiger partial charge in [-0.15, -0.1) is 0 Å². The lowest BCUT2D eigenvalue weighted by atomic mass is 10.1. The largest absolute Gasteiger partial charge is 0.346 e. The molecule has 0 bridgehead atoms. The Bertz CT molecular complexity index is 682. The van der Waals surface area contributed by atoms with Gasteiger partial charge in [0, 0.05) is 11.3 Å². The molecule has 126 valence electrons. The Hall–Kier alpha value is -2.66. The summed E-state index contributed by atoms with van der Waals surface area (Å²) in [6, 6.07) is 16.6. The number of anilines is 1. The number of carbonyl (C=O) groups excluding carboxylic acids is 2. The van der Waals surface area contributed by atoms with E-state index in [9.17, 15) is 9.59 Å². The molecule has 5 heteroatoms. The van der Waals surface area contributed by atoms with E-state index in [0.29, 0.717) is 17.8 Å². The number of hydrogen-bond donors (Lipinski definition) is 2. The Morgan fingerprint density at radius 1 is 1.00 bits per heavy atom. The molecule has 2 rings (SSSR count). The summed E-state index contributed by atoms with van der Waals surface area (Å²) >= 11 is 0. The number of benzene rings is 2. The average molecular weight is 325 g/mol. The lowest BCUT2D eigenvalue weighted by molar-refractivity contribution is -0.116. The maximum absolute atomic E-state index is 12.3. The fourth-order valence-corrected chi connectivity index (χ4v) is 2.30. The molecule has 0 saturated heterocycles. The maximum atomic E-state index is 12.3. The van der Waals surface area contributed by atoms with Gasteiger partial charge in [0.25, 0.3) is 5.91 Å². The SMILES string of the molecule is CC(NC(=O)c1ccc(NC(=O)CN(C)C)cc1)c1ccccc1. The first-order valence-electron chi connectivity index (χ1n) is 7.86. The molecule has 5 nitrogen and oxygen atoms in total. The molecule has 0 saturated carbocycles. The summed E-state index contributed by atoms with van der Waals surface area (Å²) in [5.74, 6) is -0.229. The second-order valence-electron chi connectivity index (χ2n) is 5.97. The zero-order valence-electron chi connectivity index (χ0n) is 14.2. The van der Waals surface area contributed by atoms with Crippen molar-refractivity contribution in [2.45, 2.75) is 13.0 Å². The van der Waals surface area contributed by atoms with Gasteiger partial charge in [0.2, 0.25) is 5.91 Å². The van der Waals surface area contributed by atoms with E-state index in [-0.39, 0.29) is 17.9 Å².